The van der Waals surface area contributed by atoms with E-state index in [9.17, 15) is 4.79 Å². The summed E-state index contributed by atoms with van der Waals surface area (Å²) in [5.74, 6) is 2.51. The van der Waals surface area contributed by atoms with Gasteiger partial charge in [0.05, 0.1) is 12.3 Å². The molecular formula is C21H20N2O5S. The second kappa shape index (κ2) is 8.40. The fourth-order valence-corrected chi connectivity index (χ4v) is 3.72. The minimum atomic E-state index is -0.273. The summed E-state index contributed by atoms with van der Waals surface area (Å²) in [5.41, 5.74) is 1.71. The quantitative estimate of drug-likeness (QED) is 0.625. The molecule has 1 N–H and O–H groups in total. The summed E-state index contributed by atoms with van der Waals surface area (Å²) in [6, 6.07) is 12.8. The molecule has 1 aromatic heterocycles. The van der Waals surface area contributed by atoms with Gasteiger partial charge in [0.25, 0.3) is 5.91 Å². The first-order valence-corrected chi connectivity index (χ1v) is 9.97. The monoisotopic (exact) mass is 412 g/mol. The third kappa shape index (κ3) is 4.43. The number of aromatic nitrogens is 1. The van der Waals surface area contributed by atoms with Gasteiger partial charge in [-0.15, -0.1) is 11.3 Å². The Bertz CT molecular complexity index is 1020. The molecule has 0 fully saturated rings. The van der Waals surface area contributed by atoms with Crippen LogP contribution in [0, 0.1) is 6.92 Å². The Balaban J connectivity index is 1.37. The van der Waals surface area contributed by atoms with Crippen LogP contribution >= 0.6 is 11.3 Å². The first-order chi connectivity index (χ1) is 14.1. The van der Waals surface area contributed by atoms with Gasteiger partial charge in [0.2, 0.25) is 6.79 Å². The number of anilines is 1. The van der Waals surface area contributed by atoms with Gasteiger partial charge in [-0.3, -0.25) is 10.1 Å². The van der Waals surface area contributed by atoms with Gasteiger partial charge in [-0.05, 0) is 56.3 Å². The van der Waals surface area contributed by atoms with E-state index in [1.54, 1.807) is 24.3 Å². The van der Waals surface area contributed by atoms with Crippen LogP contribution in [0.25, 0.3) is 11.3 Å². The van der Waals surface area contributed by atoms with E-state index in [4.69, 9.17) is 18.9 Å². The molecule has 1 aliphatic heterocycles. The number of carbonyl (C=O) groups is 1. The first kappa shape index (κ1) is 19.1. The number of thiazole rings is 1. The number of benzene rings is 2. The largest absolute Gasteiger partial charge is 0.494 e. The van der Waals surface area contributed by atoms with Crippen molar-refractivity contribution in [1.82, 2.24) is 4.98 Å². The van der Waals surface area contributed by atoms with Crippen LogP contribution < -0.4 is 24.3 Å². The highest BCUT2D eigenvalue weighted by molar-refractivity contribution is 7.16. The summed E-state index contributed by atoms with van der Waals surface area (Å²) >= 11 is 1.41. The predicted molar refractivity (Wildman–Crippen MR) is 110 cm³/mol. The van der Waals surface area contributed by atoms with Gasteiger partial charge in [0.15, 0.2) is 23.2 Å². The molecule has 0 aliphatic carbocycles. The summed E-state index contributed by atoms with van der Waals surface area (Å²) in [5, 5.41) is 3.31. The average Bonchev–Trinajstić information content (AvgIpc) is 3.33. The standard InChI is InChI=1S/C21H20N2O5S/c1-3-25-15-5-7-16(8-6-15)26-11-19(24)22-21-23-20(13(2)29-21)14-4-9-17-18(10-14)28-12-27-17/h4-10H,3,11-12H2,1-2H3,(H,22,23,24). The molecule has 0 saturated heterocycles. The Labute approximate surface area is 172 Å². The normalized spacial score (nSPS) is 11.9. The van der Waals surface area contributed by atoms with Crippen LogP contribution in [-0.2, 0) is 4.79 Å². The number of ether oxygens (including phenoxy) is 4. The van der Waals surface area contributed by atoms with Crippen molar-refractivity contribution >= 4 is 22.4 Å². The van der Waals surface area contributed by atoms with Crippen molar-refractivity contribution in [1.29, 1.82) is 0 Å². The van der Waals surface area contributed by atoms with Crippen molar-refractivity contribution in [3.63, 3.8) is 0 Å². The molecule has 1 amide bonds. The lowest BCUT2D eigenvalue weighted by Gasteiger charge is -2.07. The van der Waals surface area contributed by atoms with E-state index in [0.29, 0.717) is 23.2 Å². The van der Waals surface area contributed by atoms with E-state index in [1.807, 2.05) is 32.0 Å². The lowest BCUT2D eigenvalue weighted by Crippen LogP contribution is -2.20. The SMILES string of the molecule is CCOc1ccc(OCC(=O)Nc2nc(-c3ccc4c(c3)OCO4)c(C)s2)cc1. The molecule has 0 saturated carbocycles. The van der Waals surface area contributed by atoms with Crippen molar-refractivity contribution in [2.75, 3.05) is 25.3 Å². The maximum absolute atomic E-state index is 12.2. The molecule has 0 spiro atoms. The summed E-state index contributed by atoms with van der Waals surface area (Å²) in [4.78, 5) is 17.8. The molecule has 1 aliphatic rings. The number of amides is 1. The van der Waals surface area contributed by atoms with Gasteiger partial charge in [0.1, 0.15) is 11.5 Å². The van der Waals surface area contributed by atoms with Crippen molar-refractivity contribution in [3.8, 4) is 34.3 Å². The Morgan fingerprint density at radius 2 is 1.83 bits per heavy atom. The van der Waals surface area contributed by atoms with Crippen LogP contribution in [0.15, 0.2) is 42.5 Å². The Morgan fingerprint density at radius 1 is 1.10 bits per heavy atom. The molecule has 0 unspecified atom stereocenters. The summed E-state index contributed by atoms with van der Waals surface area (Å²) in [6.45, 7) is 4.61. The molecule has 29 heavy (non-hydrogen) atoms. The second-order valence-corrected chi connectivity index (χ2v) is 7.44. The van der Waals surface area contributed by atoms with Crippen LogP contribution in [0.5, 0.6) is 23.0 Å². The number of aryl methyl sites for hydroxylation is 1. The van der Waals surface area contributed by atoms with Gasteiger partial charge >= 0.3 is 0 Å². The molecule has 0 radical (unpaired) electrons. The number of rotatable bonds is 7. The first-order valence-electron chi connectivity index (χ1n) is 9.15. The maximum Gasteiger partial charge on any atom is 0.264 e. The Hall–Kier alpha value is -3.26. The number of carbonyl (C=O) groups excluding carboxylic acids is 1. The highest BCUT2D eigenvalue weighted by Crippen LogP contribution is 2.38. The van der Waals surface area contributed by atoms with E-state index in [-0.39, 0.29) is 19.3 Å². The average molecular weight is 412 g/mol. The van der Waals surface area contributed by atoms with Gasteiger partial charge in [-0.2, -0.15) is 0 Å². The predicted octanol–water partition coefficient (Wildman–Crippen LogP) is 4.26. The van der Waals surface area contributed by atoms with Gasteiger partial charge in [-0.25, -0.2) is 4.98 Å². The van der Waals surface area contributed by atoms with Crippen molar-refractivity contribution in [2.45, 2.75) is 13.8 Å². The molecule has 0 atom stereocenters. The fraction of sp³-hybridized carbons (Fsp3) is 0.238. The number of hydrogen-bond donors (Lipinski definition) is 1. The van der Waals surface area contributed by atoms with Crippen molar-refractivity contribution < 1.29 is 23.7 Å². The summed E-state index contributed by atoms with van der Waals surface area (Å²) in [6.07, 6.45) is 0. The number of nitrogens with one attached hydrogen (secondary N) is 1. The fourth-order valence-electron chi connectivity index (χ4n) is 2.86. The van der Waals surface area contributed by atoms with Gasteiger partial charge < -0.3 is 18.9 Å². The minimum Gasteiger partial charge on any atom is -0.494 e. The smallest absolute Gasteiger partial charge is 0.264 e. The van der Waals surface area contributed by atoms with Gasteiger partial charge in [0, 0.05) is 10.4 Å². The molecule has 2 heterocycles. The summed E-state index contributed by atoms with van der Waals surface area (Å²) in [7, 11) is 0. The minimum absolute atomic E-state index is 0.105. The number of hydrogen-bond acceptors (Lipinski definition) is 7. The third-order valence-corrected chi connectivity index (χ3v) is 5.08. The third-order valence-electron chi connectivity index (χ3n) is 4.19. The zero-order chi connectivity index (χ0) is 20.2. The molecule has 7 nitrogen and oxygen atoms in total. The molecule has 4 rings (SSSR count). The van der Waals surface area contributed by atoms with Crippen LogP contribution in [-0.4, -0.2) is 30.9 Å². The molecule has 0 bridgehead atoms. The van der Waals surface area contributed by atoms with Gasteiger partial charge in [-0.1, -0.05) is 0 Å². The number of nitrogens with zero attached hydrogens (tertiary/aromatic N) is 1. The van der Waals surface area contributed by atoms with E-state index in [1.165, 1.54) is 11.3 Å². The highest BCUT2D eigenvalue weighted by Gasteiger charge is 2.17. The number of fused-ring (bicyclic) bond motifs is 1. The molecule has 8 heteroatoms. The lowest BCUT2D eigenvalue weighted by molar-refractivity contribution is -0.118. The van der Waals surface area contributed by atoms with Crippen molar-refractivity contribution in [2.24, 2.45) is 0 Å². The van der Waals surface area contributed by atoms with Crippen molar-refractivity contribution in [3.05, 3.63) is 47.3 Å². The zero-order valence-corrected chi connectivity index (χ0v) is 16.9. The molecule has 150 valence electrons. The lowest BCUT2D eigenvalue weighted by atomic mass is 10.1. The highest BCUT2D eigenvalue weighted by atomic mass is 32.1. The zero-order valence-electron chi connectivity index (χ0n) is 16.1. The summed E-state index contributed by atoms with van der Waals surface area (Å²) < 4.78 is 21.7. The Morgan fingerprint density at radius 3 is 2.59 bits per heavy atom. The molecule has 2 aromatic carbocycles. The van der Waals surface area contributed by atoms with E-state index < -0.39 is 0 Å². The van der Waals surface area contributed by atoms with Crippen LogP contribution in [0.1, 0.15) is 11.8 Å². The maximum atomic E-state index is 12.2. The molecule has 3 aromatic rings. The topological polar surface area (TPSA) is 78.9 Å². The molecular weight excluding hydrogens is 392 g/mol. The van der Waals surface area contributed by atoms with E-state index in [0.717, 1.165) is 27.6 Å². The van der Waals surface area contributed by atoms with Crippen LogP contribution in [0.2, 0.25) is 0 Å². The second-order valence-electron chi connectivity index (χ2n) is 6.23. The Kier molecular flexibility index (Phi) is 5.53. The van der Waals surface area contributed by atoms with Crippen LogP contribution in [0.3, 0.4) is 0 Å². The van der Waals surface area contributed by atoms with E-state index in [2.05, 4.69) is 10.3 Å². The van der Waals surface area contributed by atoms with Crippen LogP contribution in [0.4, 0.5) is 5.13 Å². The van der Waals surface area contributed by atoms with E-state index >= 15 is 0 Å².